The van der Waals surface area contributed by atoms with Gasteiger partial charge in [-0.25, -0.2) is 0 Å². The van der Waals surface area contributed by atoms with Gasteiger partial charge in [-0.05, 0) is 60.8 Å². The van der Waals surface area contributed by atoms with Crippen molar-refractivity contribution in [1.82, 2.24) is 25.3 Å². The molecule has 16 nitrogen and oxygen atoms in total. The summed E-state index contributed by atoms with van der Waals surface area (Å²) in [6.45, 7) is 16.3. The second kappa shape index (κ2) is 48.3. The van der Waals surface area contributed by atoms with Gasteiger partial charge in [0.1, 0.15) is 11.6 Å². The minimum absolute atomic E-state index is 0. The van der Waals surface area contributed by atoms with Gasteiger partial charge in [0.2, 0.25) is 0 Å². The van der Waals surface area contributed by atoms with Crippen LogP contribution in [-0.4, -0.2) is 204 Å². The summed E-state index contributed by atoms with van der Waals surface area (Å²) in [7, 11) is 0. The molecule has 10 heterocycles. The minimum atomic E-state index is -2.56. The van der Waals surface area contributed by atoms with E-state index in [1.165, 1.54) is 43.7 Å². The van der Waals surface area contributed by atoms with Crippen LogP contribution in [0.2, 0.25) is 0 Å². The molecule has 6 N–H and O–H groups in total. The van der Waals surface area contributed by atoms with Gasteiger partial charge in [0, 0.05) is 183 Å². The molecule has 10 aliphatic heterocycles. The first-order chi connectivity index (χ1) is 50.5. The number of halogens is 3. The van der Waals surface area contributed by atoms with Crippen molar-refractivity contribution >= 4 is 90.1 Å². The number of ether oxygens (including phenoxy) is 5. The van der Waals surface area contributed by atoms with Crippen molar-refractivity contribution < 1.29 is 125 Å². The Bertz CT molecular complexity index is 3530. The fraction of sp³-hybridized carbons (Fsp3) is 0.453. The molecule has 110 heavy (non-hydrogen) atoms. The number of alkyl halides is 1. The van der Waals surface area contributed by atoms with Crippen LogP contribution in [0, 0.1) is 38.5 Å². The maximum atomic E-state index is 11.6. The molecule has 24 heteroatoms. The second-order valence-corrected chi connectivity index (χ2v) is 40.2. The van der Waals surface area contributed by atoms with Crippen LogP contribution < -0.4 is 26.5 Å². The van der Waals surface area contributed by atoms with Gasteiger partial charge < -0.3 is 62.2 Å². The van der Waals surface area contributed by atoms with Gasteiger partial charge in [0.25, 0.3) is 0 Å². The Labute approximate surface area is 734 Å². The van der Waals surface area contributed by atoms with Crippen molar-refractivity contribution in [2.45, 2.75) is 161 Å². The summed E-state index contributed by atoms with van der Waals surface area (Å²) in [5, 5.41) is 47.7. The molecular weight excluding hydrogens is 1930 g/mol. The monoisotopic (exact) mass is 2050 g/mol. The van der Waals surface area contributed by atoms with Crippen LogP contribution in [0.5, 0.6) is 0 Å². The molecule has 0 amide bonds. The maximum absolute atomic E-state index is 11.6. The molecule has 10 unspecified atom stereocenters. The Morgan fingerprint density at radius 2 is 0.691 bits per heavy atom. The van der Waals surface area contributed by atoms with Crippen molar-refractivity contribution in [3.8, 4) is 0 Å². The second-order valence-electron chi connectivity index (χ2n) is 29.9. The average molecular weight is 2050 g/mol. The number of piperidine rings is 5. The topological polar surface area (TPSA) is 195 Å². The minimum Gasteiger partial charge on any atom is -0.393 e. The normalized spacial score (nSPS) is 27.2. The van der Waals surface area contributed by atoms with Crippen LogP contribution in [-0.2, 0) is 97.2 Å². The van der Waals surface area contributed by atoms with Crippen LogP contribution >= 0.6 is 62.6 Å². The van der Waals surface area contributed by atoms with Crippen LogP contribution in [0.15, 0.2) is 224 Å². The van der Waals surface area contributed by atoms with E-state index in [-0.39, 0.29) is 154 Å². The number of morpholine rings is 5. The largest absolute Gasteiger partial charge is 0.393 e. The molecule has 10 saturated heterocycles. The van der Waals surface area contributed by atoms with E-state index in [0.717, 1.165) is 51.0 Å². The predicted octanol–water partition coefficient (Wildman–Crippen LogP) is 11.8. The number of hydrogen-bond donors (Lipinski definition) is 6. The molecule has 0 aromatic heterocycles. The van der Waals surface area contributed by atoms with Crippen LogP contribution in [0.1, 0.15) is 87.9 Å². The third-order valence-corrected chi connectivity index (χ3v) is 30.5. The SMILES string of the molecule is BrCc1ccccc1.C=C1CC2COCC(C1)N2Cc1ccccc1.CP(Br)(c1ccccc1)(c1ccccc1)c1ccccc1.Cl.O=C1CC2COCC(C1)N2.O=C1CC2COCC(C1)N2Cc1ccccc1.OCC1(O)CC2COCC(C1)N2.OCC1(O)CC2COCC(C1)N2Cc1ccccc1.S.[3HH].[CH3-].[Pd].[U].[V]. The number of carbonyl (C=O) groups excluding carboxylic acids is 2. The van der Waals surface area contributed by atoms with Crippen molar-refractivity contribution in [3.05, 3.63) is 254 Å². The third-order valence-electron chi connectivity index (χ3n) is 21.6. The molecule has 1 radical (unpaired) electrons. The number of aliphatic hydroxyl groups is 4. The standard InChI is InChI=1S/C19H18BrP.C15H21NO3.C15H19NO.C14H17NO2.C8H15NO3.C7H7Br.C7H11NO2.CH3.ClH.Pd.H2S.U.V.H2/c1-21(20,17-11-5-2-6-12-17,18-13-7-3-8-14-18)19-15-9-4-10-16-19;17-11-15(18)6-13-9-19-10-14(7-15)16(13)8-12-4-2-1-3-5-12;1-12-7-14-10-17-11-15(8-12)16(14)9-13-5-3-2-4-6-13;16-14-6-12-9-17-10-13(7-14)15(12)8-11-4-2-1-3-5-11;10-5-8(11)1-6-3-12-4-7(2-8)9-6;8-6-7-4-2-1-3-5-7;9-7-1-5-3-10-4-6(2-7)8-5;;;;;;;/h2-16H,1H3;1-5,13-14,17-18H,6-11H2;2-6,14-15H,1,7-11H2;1-5,12-13H,6-10H2;6-7,9-11H,1-5H2;1-5H,6H2;5-6,8H,1-4H2;1H3;1H;;1H2;;;1H/q;;;;;;;-1;;;;;;/i;;;;;;;;;;;;;1+2. The number of benzene rings is 7. The summed E-state index contributed by atoms with van der Waals surface area (Å²) >= 11 is 7.60. The van der Waals surface area contributed by atoms with Crippen molar-refractivity contribution in [2.24, 2.45) is 0 Å². The number of carbonyl (C=O) groups is 2. The molecule has 0 saturated carbocycles. The third kappa shape index (κ3) is 27.8. The quantitative estimate of drug-likeness (QED) is 0.0222. The van der Waals surface area contributed by atoms with Crippen molar-refractivity contribution in [1.29, 1.82) is 0 Å². The molecule has 10 fully saturated rings. The fourth-order valence-corrected chi connectivity index (χ4v) is 22.4. The molecule has 10 aliphatic rings. The van der Waals surface area contributed by atoms with Gasteiger partial charge in [-0.15, -0.1) is 12.4 Å². The molecule has 603 valence electrons. The van der Waals surface area contributed by atoms with Gasteiger partial charge in [0.05, 0.1) is 90.5 Å². The summed E-state index contributed by atoms with van der Waals surface area (Å²) in [6, 6.07) is 77.2. The van der Waals surface area contributed by atoms with Gasteiger partial charge >= 0.3 is 134 Å². The summed E-state index contributed by atoms with van der Waals surface area (Å²) in [4.78, 5) is 30.0. The number of Topliss-reactive ketones (excluding diaryl/α,β-unsaturated/α-hetero) is 2. The number of nitrogens with one attached hydrogen (secondary N) is 2. The Kier molecular flexibility index (Phi) is 43.0. The predicted molar refractivity (Wildman–Crippen MR) is 449 cm³/mol. The summed E-state index contributed by atoms with van der Waals surface area (Å²) in [6.07, 6.45) is 7.21. The van der Waals surface area contributed by atoms with Crippen molar-refractivity contribution in [2.75, 3.05) is 85.9 Å². The van der Waals surface area contributed by atoms with Crippen LogP contribution in [0.25, 0.3) is 0 Å². The van der Waals surface area contributed by atoms with E-state index in [1.54, 1.807) is 0 Å². The van der Waals surface area contributed by atoms with E-state index in [0.29, 0.717) is 140 Å². The van der Waals surface area contributed by atoms with E-state index in [4.69, 9.17) is 28.8 Å². The number of ketones is 2. The number of hydrogen-bond acceptors (Lipinski definition) is 16. The average Bonchev–Trinajstić information content (AvgIpc) is 0.718. The van der Waals surface area contributed by atoms with E-state index >= 15 is 0 Å². The zero-order chi connectivity index (χ0) is 72.8. The zero-order valence-electron chi connectivity index (χ0n) is 63.4. The number of fused-ring (bicyclic) bond motifs is 10. The Morgan fingerprint density at radius 3 is 1.01 bits per heavy atom. The first kappa shape index (κ1) is 98.0. The summed E-state index contributed by atoms with van der Waals surface area (Å²) in [5.74, 6) is 0.782. The van der Waals surface area contributed by atoms with Crippen LogP contribution in [0.3, 0.4) is 0 Å². The fourth-order valence-electron chi connectivity index (χ4n) is 16.3. The number of rotatable bonds is 12. The molecule has 17 rings (SSSR count). The van der Waals surface area contributed by atoms with E-state index in [1.807, 2.05) is 30.3 Å². The van der Waals surface area contributed by atoms with E-state index < -0.39 is 16.5 Å². The summed E-state index contributed by atoms with van der Waals surface area (Å²) in [5.41, 5.74) is 4.93. The van der Waals surface area contributed by atoms with Crippen molar-refractivity contribution in [3.63, 3.8) is 0 Å². The molecule has 7 aromatic rings. The van der Waals surface area contributed by atoms with E-state index in [2.05, 4.69) is 252 Å². The molecule has 0 spiro atoms. The Morgan fingerprint density at radius 1 is 0.436 bits per heavy atom. The molecule has 7 aromatic carbocycles. The summed E-state index contributed by atoms with van der Waals surface area (Å²) < 4.78 is 27.4. The molecular formula is C86H116Br2ClN5O11PPdSUV-. The number of nitrogens with zero attached hydrogens (tertiary/aromatic N) is 3. The number of aliphatic hydroxyl groups excluding tert-OH is 2. The Hall–Kier alpha value is -2.61. The molecule has 10 bridgehead atoms. The van der Waals surface area contributed by atoms with Crippen LogP contribution in [0.4, 0.5) is 0 Å². The van der Waals surface area contributed by atoms with Gasteiger partial charge in [-0.2, -0.15) is 13.5 Å². The zero-order valence-corrected chi connectivity index (χ0v) is 76.4. The van der Waals surface area contributed by atoms with Gasteiger partial charge in [0.15, 0.2) is 0 Å². The van der Waals surface area contributed by atoms with Gasteiger partial charge in [-0.1, -0.05) is 149 Å². The van der Waals surface area contributed by atoms with Gasteiger partial charge in [-0.3, -0.25) is 24.3 Å². The maximum Gasteiger partial charge on any atom is 0.136 e. The van der Waals surface area contributed by atoms with E-state index in [9.17, 15) is 24.9 Å². The molecule has 10 atom stereocenters. The Balaban J connectivity index is 0.000000275. The first-order valence-corrected chi connectivity index (χ1v) is 43.0. The smallest absolute Gasteiger partial charge is 0.136 e. The molecule has 0 aliphatic carbocycles. The first-order valence-electron chi connectivity index (χ1n) is 37.1.